The molecule has 0 aromatic heterocycles. The molecule has 2 heterocycles. The van der Waals surface area contributed by atoms with Crippen molar-refractivity contribution in [1.29, 1.82) is 0 Å². The molecule has 12 heavy (non-hydrogen) atoms. The monoisotopic (exact) mass is 169 g/mol. The second kappa shape index (κ2) is 2.11. The number of carbonyl (C=O) groups excluding carboxylic acids is 1. The van der Waals surface area contributed by atoms with Gasteiger partial charge in [0.05, 0.1) is 6.34 Å². The molecular formula is C5H7N5O2. The summed E-state index contributed by atoms with van der Waals surface area (Å²) in [7, 11) is 0. The van der Waals surface area contributed by atoms with Crippen LogP contribution in [0.4, 0.5) is 4.79 Å². The third-order valence-electron chi connectivity index (χ3n) is 1.67. The average molecular weight is 169 g/mol. The van der Waals surface area contributed by atoms with E-state index in [9.17, 15) is 4.79 Å². The van der Waals surface area contributed by atoms with Crippen LogP contribution in [0, 0.1) is 0 Å². The minimum Gasteiger partial charge on any atom is -0.382 e. The van der Waals surface area contributed by atoms with E-state index in [1.54, 1.807) is 0 Å². The largest absolute Gasteiger partial charge is 0.382 e. The second-order valence-electron chi connectivity index (χ2n) is 2.39. The number of urea groups is 1. The van der Waals surface area contributed by atoms with E-state index >= 15 is 0 Å². The lowest BCUT2D eigenvalue weighted by Gasteiger charge is -2.25. The number of fused-ring (bicyclic) bond motifs is 1. The number of nitrogens with two attached hydrogens (primary N) is 1. The number of aliphatic imine (C=N–C) groups is 1. The van der Waals surface area contributed by atoms with Crippen LogP contribution in [0.2, 0.25) is 0 Å². The molecule has 64 valence electrons. The van der Waals surface area contributed by atoms with E-state index in [-0.39, 0.29) is 5.82 Å². The number of hydroxylamine groups is 2. The Labute approximate surface area is 67.5 Å². The maximum atomic E-state index is 10.9. The smallest absolute Gasteiger partial charge is 0.349 e. The number of nitrogens with zero attached hydrogens (tertiary/aromatic N) is 2. The van der Waals surface area contributed by atoms with Crippen molar-refractivity contribution in [2.24, 2.45) is 10.7 Å². The second-order valence-corrected chi connectivity index (χ2v) is 2.39. The van der Waals surface area contributed by atoms with E-state index in [1.165, 1.54) is 6.34 Å². The van der Waals surface area contributed by atoms with E-state index in [0.717, 1.165) is 0 Å². The maximum Gasteiger partial charge on any atom is 0.349 e. The molecule has 0 saturated heterocycles. The fourth-order valence-electron chi connectivity index (χ4n) is 1.06. The Morgan fingerprint density at radius 3 is 3.25 bits per heavy atom. The van der Waals surface area contributed by atoms with E-state index in [4.69, 9.17) is 10.9 Å². The van der Waals surface area contributed by atoms with Crippen molar-refractivity contribution in [3.05, 3.63) is 11.5 Å². The molecule has 2 amide bonds. The van der Waals surface area contributed by atoms with Gasteiger partial charge in [0.15, 0.2) is 12.0 Å². The van der Waals surface area contributed by atoms with Crippen LogP contribution >= 0.6 is 0 Å². The van der Waals surface area contributed by atoms with Crippen molar-refractivity contribution in [2.45, 2.75) is 6.17 Å². The summed E-state index contributed by atoms with van der Waals surface area (Å²) in [6.45, 7) is 0. The van der Waals surface area contributed by atoms with Crippen LogP contribution in [0.3, 0.4) is 0 Å². The summed E-state index contributed by atoms with van der Waals surface area (Å²) in [6.07, 6.45) is 0.924. The molecule has 0 bridgehead atoms. The van der Waals surface area contributed by atoms with Gasteiger partial charge in [-0.25, -0.2) is 9.79 Å². The molecule has 0 fully saturated rings. The fourth-order valence-corrected chi connectivity index (χ4v) is 1.06. The molecule has 1 unspecified atom stereocenters. The molecule has 0 aromatic carbocycles. The Hall–Kier alpha value is -1.76. The molecular weight excluding hydrogens is 162 g/mol. The van der Waals surface area contributed by atoms with Crippen molar-refractivity contribution in [2.75, 3.05) is 0 Å². The Balaban J connectivity index is 2.40. The van der Waals surface area contributed by atoms with Crippen LogP contribution in [0.1, 0.15) is 0 Å². The quantitative estimate of drug-likeness (QED) is 0.331. The van der Waals surface area contributed by atoms with Crippen LogP contribution in [0.5, 0.6) is 0 Å². The number of amides is 2. The van der Waals surface area contributed by atoms with Crippen LogP contribution < -0.4 is 16.4 Å². The minimum absolute atomic E-state index is 0.0266. The van der Waals surface area contributed by atoms with Crippen molar-refractivity contribution in [1.82, 2.24) is 15.7 Å². The first-order chi connectivity index (χ1) is 5.70. The zero-order chi connectivity index (χ0) is 8.72. The first-order valence-electron chi connectivity index (χ1n) is 3.27. The SMILES string of the molecule is NC1=C2NC=NC2NC(=O)N1O. The number of hydrogen-bond donors (Lipinski definition) is 4. The van der Waals surface area contributed by atoms with E-state index in [2.05, 4.69) is 15.6 Å². The topological polar surface area (TPSA) is 103 Å². The third-order valence-corrected chi connectivity index (χ3v) is 1.67. The van der Waals surface area contributed by atoms with Gasteiger partial charge in [0.1, 0.15) is 5.70 Å². The van der Waals surface area contributed by atoms with Crippen molar-refractivity contribution in [3.63, 3.8) is 0 Å². The highest BCUT2D eigenvalue weighted by Gasteiger charge is 2.32. The molecule has 0 saturated carbocycles. The van der Waals surface area contributed by atoms with Crippen LogP contribution in [-0.2, 0) is 0 Å². The van der Waals surface area contributed by atoms with Gasteiger partial charge in [0.2, 0.25) is 0 Å². The molecule has 0 radical (unpaired) electrons. The summed E-state index contributed by atoms with van der Waals surface area (Å²) in [5.74, 6) is -0.0266. The van der Waals surface area contributed by atoms with Crippen LogP contribution in [0.25, 0.3) is 0 Å². The van der Waals surface area contributed by atoms with Gasteiger partial charge < -0.3 is 16.4 Å². The lowest BCUT2D eigenvalue weighted by Crippen LogP contribution is -2.51. The zero-order valence-electron chi connectivity index (χ0n) is 5.98. The number of rotatable bonds is 0. The van der Waals surface area contributed by atoms with Crippen LogP contribution in [0.15, 0.2) is 16.5 Å². The molecule has 7 heteroatoms. The Kier molecular flexibility index (Phi) is 1.22. The van der Waals surface area contributed by atoms with Gasteiger partial charge in [-0.1, -0.05) is 0 Å². The van der Waals surface area contributed by atoms with E-state index in [1.807, 2.05) is 0 Å². The van der Waals surface area contributed by atoms with E-state index in [0.29, 0.717) is 10.8 Å². The summed E-state index contributed by atoms with van der Waals surface area (Å²) < 4.78 is 0. The summed E-state index contributed by atoms with van der Waals surface area (Å²) in [4.78, 5) is 14.7. The molecule has 1 atom stereocenters. The lowest BCUT2D eigenvalue weighted by atomic mass is 10.3. The predicted molar refractivity (Wildman–Crippen MR) is 38.8 cm³/mol. The first kappa shape index (κ1) is 6.92. The Bertz CT molecular complexity index is 296. The minimum atomic E-state index is -0.679. The lowest BCUT2D eigenvalue weighted by molar-refractivity contribution is -0.0185. The van der Waals surface area contributed by atoms with Gasteiger partial charge in [-0.05, 0) is 0 Å². The van der Waals surface area contributed by atoms with Crippen LogP contribution in [-0.4, -0.2) is 28.8 Å². The van der Waals surface area contributed by atoms with Gasteiger partial charge in [-0.2, -0.15) is 5.06 Å². The van der Waals surface area contributed by atoms with Crippen molar-refractivity contribution >= 4 is 12.4 Å². The van der Waals surface area contributed by atoms with Crippen molar-refractivity contribution < 1.29 is 10.0 Å². The Morgan fingerprint density at radius 2 is 2.50 bits per heavy atom. The molecule has 7 nitrogen and oxygen atoms in total. The highest BCUT2D eigenvalue weighted by molar-refractivity contribution is 5.79. The number of nitrogens with one attached hydrogen (secondary N) is 2. The Morgan fingerprint density at radius 1 is 1.75 bits per heavy atom. The maximum absolute atomic E-state index is 10.9. The first-order valence-corrected chi connectivity index (χ1v) is 3.27. The summed E-state index contributed by atoms with van der Waals surface area (Å²) in [6, 6.07) is -0.679. The summed E-state index contributed by atoms with van der Waals surface area (Å²) in [5, 5.41) is 14.5. The van der Waals surface area contributed by atoms with Gasteiger partial charge in [-0.3, -0.25) is 5.21 Å². The standard InChI is InChI=1S/C5H7N5O2/c6-3-2-4(8-1-7-2)9-5(11)10(3)12/h1,4,12H,6H2,(H,7,8)(H,9,11). The fraction of sp³-hybridized carbons (Fsp3) is 0.200. The summed E-state index contributed by atoms with van der Waals surface area (Å²) >= 11 is 0. The molecule has 2 rings (SSSR count). The van der Waals surface area contributed by atoms with Gasteiger partial charge >= 0.3 is 6.03 Å². The third kappa shape index (κ3) is 0.735. The molecule has 5 N–H and O–H groups in total. The molecule has 2 aliphatic rings. The highest BCUT2D eigenvalue weighted by atomic mass is 16.5. The highest BCUT2D eigenvalue weighted by Crippen LogP contribution is 2.14. The average Bonchev–Trinajstić information content (AvgIpc) is 2.48. The zero-order valence-corrected chi connectivity index (χ0v) is 5.98. The predicted octanol–water partition coefficient (Wildman–Crippen LogP) is -1.51. The molecule has 0 spiro atoms. The molecule has 0 aliphatic carbocycles. The normalized spacial score (nSPS) is 26.9. The summed E-state index contributed by atoms with van der Waals surface area (Å²) in [5.41, 5.74) is 5.89. The van der Waals surface area contributed by atoms with Crippen molar-refractivity contribution in [3.8, 4) is 0 Å². The number of hydrogen-bond acceptors (Lipinski definition) is 5. The number of carbonyl (C=O) groups is 1. The molecule has 2 aliphatic heterocycles. The molecule has 0 aromatic rings. The van der Waals surface area contributed by atoms with E-state index < -0.39 is 12.2 Å². The van der Waals surface area contributed by atoms with Gasteiger partial charge in [0.25, 0.3) is 0 Å². The van der Waals surface area contributed by atoms with Gasteiger partial charge in [0, 0.05) is 0 Å². The van der Waals surface area contributed by atoms with Gasteiger partial charge in [-0.15, -0.1) is 0 Å².